The van der Waals surface area contributed by atoms with Gasteiger partial charge in [0.15, 0.2) is 0 Å². The van der Waals surface area contributed by atoms with E-state index in [2.05, 4.69) is 28.9 Å². The van der Waals surface area contributed by atoms with E-state index in [4.69, 9.17) is 0 Å². The number of nitrogens with one attached hydrogen (secondary N) is 1. The van der Waals surface area contributed by atoms with Crippen LogP contribution in [0.4, 0.5) is 0 Å². The molecule has 0 aliphatic carbocycles. The van der Waals surface area contributed by atoms with Crippen molar-refractivity contribution < 1.29 is 9.59 Å². The van der Waals surface area contributed by atoms with Gasteiger partial charge >= 0.3 is 0 Å². The van der Waals surface area contributed by atoms with Gasteiger partial charge in [0.1, 0.15) is 6.54 Å². The molecule has 30 heavy (non-hydrogen) atoms. The summed E-state index contributed by atoms with van der Waals surface area (Å²) < 4.78 is 2.16. The number of fused-ring (bicyclic) bond motifs is 2. The number of benzene rings is 2. The fraction of sp³-hybridized carbons (Fsp3) is 0.333. The third kappa shape index (κ3) is 3.37. The lowest BCUT2D eigenvalue weighted by atomic mass is 9.95. The average Bonchev–Trinajstić information content (AvgIpc) is 3.13. The Morgan fingerprint density at radius 1 is 1.10 bits per heavy atom. The molecule has 2 aromatic carbocycles. The number of nitrogens with zero attached hydrogens (tertiary/aromatic N) is 3. The van der Waals surface area contributed by atoms with E-state index in [-0.39, 0.29) is 24.4 Å². The molecule has 156 valence electrons. The SMILES string of the molecule is Cc1c([C@@H]2c3ccccc3C(=O)N2CC(=O)NCCN(C)C)c2ccccc2n1C. The van der Waals surface area contributed by atoms with Crippen molar-refractivity contribution in [1.82, 2.24) is 19.7 Å². The van der Waals surface area contributed by atoms with Gasteiger partial charge in [0.05, 0.1) is 6.04 Å². The van der Waals surface area contributed by atoms with Crippen LogP contribution >= 0.6 is 0 Å². The zero-order chi connectivity index (χ0) is 21.4. The summed E-state index contributed by atoms with van der Waals surface area (Å²) in [7, 11) is 5.97. The Morgan fingerprint density at radius 3 is 2.57 bits per heavy atom. The maximum atomic E-state index is 13.3. The molecule has 6 heteroatoms. The molecule has 1 N–H and O–H groups in total. The highest BCUT2D eigenvalue weighted by Gasteiger charge is 2.40. The van der Waals surface area contributed by atoms with Crippen molar-refractivity contribution in [2.45, 2.75) is 13.0 Å². The summed E-state index contributed by atoms with van der Waals surface area (Å²) >= 11 is 0. The third-order valence-corrected chi connectivity index (χ3v) is 5.98. The smallest absolute Gasteiger partial charge is 0.255 e. The molecule has 3 aromatic rings. The predicted octanol–water partition coefficient (Wildman–Crippen LogP) is 2.71. The largest absolute Gasteiger partial charge is 0.353 e. The van der Waals surface area contributed by atoms with Crippen LogP contribution in [0.3, 0.4) is 0 Å². The van der Waals surface area contributed by atoms with Gasteiger partial charge in [-0.25, -0.2) is 0 Å². The molecule has 2 amide bonds. The van der Waals surface area contributed by atoms with Gasteiger partial charge in [0, 0.05) is 47.9 Å². The molecule has 1 atom stereocenters. The lowest BCUT2D eigenvalue weighted by molar-refractivity contribution is -0.122. The van der Waals surface area contributed by atoms with Crippen LogP contribution in [0.1, 0.15) is 33.2 Å². The molecular formula is C24H28N4O2. The fourth-order valence-electron chi connectivity index (χ4n) is 4.37. The van der Waals surface area contributed by atoms with Gasteiger partial charge in [-0.2, -0.15) is 0 Å². The first kappa shape index (κ1) is 20.2. The van der Waals surface area contributed by atoms with Gasteiger partial charge in [0.25, 0.3) is 5.91 Å². The highest BCUT2D eigenvalue weighted by atomic mass is 16.2. The van der Waals surface area contributed by atoms with Gasteiger partial charge in [-0.15, -0.1) is 0 Å². The van der Waals surface area contributed by atoms with Crippen LogP contribution in [0.5, 0.6) is 0 Å². The predicted molar refractivity (Wildman–Crippen MR) is 119 cm³/mol. The minimum atomic E-state index is -0.278. The lowest BCUT2D eigenvalue weighted by Gasteiger charge is -2.26. The van der Waals surface area contributed by atoms with Crippen molar-refractivity contribution in [2.24, 2.45) is 7.05 Å². The molecule has 4 rings (SSSR count). The normalized spacial score (nSPS) is 15.8. The number of amides is 2. The number of carbonyl (C=O) groups excluding carboxylic acids is 2. The maximum Gasteiger partial charge on any atom is 0.255 e. The topological polar surface area (TPSA) is 57.6 Å². The zero-order valence-corrected chi connectivity index (χ0v) is 18.0. The van der Waals surface area contributed by atoms with Crippen molar-refractivity contribution in [2.75, 3.05) is 33.7 Å². The molecule has 0 unspecified atom stereocenters. The molecule has 0 radical (unpaired) electrons. The number of rotatable bonds is 6. The van der Waals surface area contributed by atoms with Crippen LogP contribution < -0.4 is 5.32 Å². The molecule has 0 spiro atoms. The second-order valence-electron chi connectivity index (χ2n) is 8.15. The van der Waals surface area contributed by atoms with Crippen molar-refractivity contribution in [3.05, 3.63) is 70.9 Å². The van der Waals surface area contributed by atoms with E-state index in [1.165, 1.54) is 0 Å². The van der Waals surface area contributed by atoms with Crippen molar-refractivity contribution in [3.63, 3.8) is 0 Å². The molecule has 1 aromatic heterocycles. The Hall–Kier alpha value is -3.12. The van der Waals surface area contributed by atoms with Crippen LogP contribution in [-0.2, 0) is 11.8 Å². The molecule has 0 bridgehead atoms. The summed E-state index contributed by atoms with van der Waals surface area (Å²) in [6.07, 6.45) is 0. The number of hydrogen-bond donors (Lipinski definition) is 1. The highest BCUT2D eigenvalue weighted by Crippen LogP contribution is 2.43. The van der Waals surface area contributed by atoms with Crippen molar-refractivity contribution in [1.29, 1.82) is 0 Å². The van der Waals surface area contributed by atoms with Gasteiger partial charge in [-0.3, -0.25) is 9.59 Å². The first-order chi connectivity index (χ1) is 14.4. The van der Waals surface area contributed by atoms with Crippen LogP contribution in [0, 0.1) is 6.92 Å². The van der Waals surface area contributed by atoms with E-state index in [0.29, 0.717) is 12.1 Å². The third-order valence-electron chi connectivity index (χ3n) is 5.98. The minimum absolute atomic E-state index is 0.0360. The average molecular weight is 405 g/mol. The second-order valence-corrected chi connectivity index (χ2v) is 8.15. The number of carbonyl (C=O) groups is 2. The molecule has 2 heterocycles. The van der Waals surface area contributed by atoms with Gasteiger partial charge in [-0.05, 0) is 38.7 Å². The van der Waals surface area contributed by atoms with E-state index in [1.54, 1.807) is 4.90 Å². The van der Waals surface area contributed by atoms with E-state index < -0.39 is 0 Å². The summed E-state index contributed by atoms with van der Waals surface area (Å²) in [4.78, 5) is 29.7. The Kier molecular flexibility index (Phi) is 5.35. The Morgan fingerprint density at radius 2 is 1.80 bits per heavy atom. The Labute approximate surface area is 177 Å². The lowest BCUT2D eigenvalue weighted by Crippen LogP contribution is -2.41. The van der Waals surface area contributed by atoms with Crippen LogP contribution in [0.25, 0.3) is 10.9 Å². The number of para-hydroxylation sites is 1. The molecular weight excluding hydrogens is 376 g/mol. The maximum absolute atomic E-state index is 13.3. The van der Waals surface area contributed by atoms with Crippen LogP contribution in [0.2, 0.25) is 0 Å². The standard InChI is InChI=1S/C24H28N4O2/c1-16-22(19-11-7-8-12-20(19)27(16)4)23-17-9-5-6-10-18(17)24(30)28(23)15-21(29)25-13-14-26(2)3/h5-12,23H,13-15H2,1-4H3,(H,25,29)/t23-/m0/s1. The van der Waals surface area contributed by atoms with Crippen molar-refractivity contribution >= 4 is 22.7 Å². The van der Waals surface area contributed by atoms with E-state index in [0.717, 1.165) is 34.3 Å². The van der Waals surface area contributed by atoms with E-state index >= 15 is 0 Å². The minimum Gasteiger partial charge on any atom is -0.353 e. The molecule has 1 aliphatic rings. The van der Waals surface area contributed by atoms with Gasteiger partial charge < -0.3 is 19.7 Å². The molecule has 0 saturated carbocycles. The van der Waals surface area contributed by atoms with Gasteiger partial charge in [0.2, 0.25) is 5.91 Å². The number of aromatic nitrogens is 1. The van der Waals surface area contributed by atoms with E-state index in [9.17, 15) is 9.59 Å². The zero-order valence-electron chi connectivity index (χ0n) is 18.0. The molecule has 1 aliphatic heterocycles. The molecule has 6 nitrogen and oxygen atoms in total. The quantitative estimate of drug-likeness (QED) is 0.687. The number of hydrogen-bond acceptors (Lipinski definition) is 3. The number of aryl methyl sites for hydroxylation is 1. The fourth-order valence-corrected chi connectivity index (χ4v) is 4.37. The Balaban J connectivity index is 1.75. The summed E-state index contributed by atoms with van der Waals surface area (Å²) in [5, 5.41) is 4.05. The van der Waals surface area contributed by atoms with Crippen molar-refractivity contribution in [3.8, 4) is 0 Å². The molecule has 0 saturated heterocycles. The number of likely N-dealkylation sites (N-methyl/N-ethyl adjacent to an activating group) is 1. The first-order valence-corrected chi connectivity index (χ1v) is 10.3. The molecule has 0 fully saturated rings. The van der Waals surface area contributed by atoms with Crippen LogP contribution in [-0.4, -0.2) is 59.9 Å². The summed E-state index contributed by atoms with van der Waals surface area (Å²) in [5.41, 5.74) is 4.95. The van der Waals surface area contributed by atoms with E-state index in [1.807, 2.05) is 62.4 Å². The summed E-state index contributed by atoms with van der Waals surface area (Å²) in [6.45, 7) is 3.43. The Bertz CT molecular complexity index is 1120. The second kappa shape index (κ2) is 7.95. The van der Waals surface area contributed by atoms with Gasteiger partial charge in [-0.1, -0.05) is 36.4 Å². The summed E-state index contributed by atoms with van der Waals surface area (Å²) in [5.74, 6) is -0.230. The van der Waals surface area contributed by atoms with Crippen LogP contribution in [0.15, 0.2) is 48.5 Å². The highest BCUT2D eigenvalue weighted by molar-refractivity contribution is 6.02. The monoisotopic (exact) mass is 404 g/mol. The first-order valence-electron chi connectivity index (χ1n) is 10.3. The summed E-state index contributed by atoms with van der Waals surface area (Å²) in [6, 6.07) is 15.6.